The second-order valence-electron chi connectivity index (χ2n) is 12.6. The molecule has 0 fully saturated rings. The zero-order valence-corrected chi connectivity index (χ0v) is 31.6. The first kappa shape index (κ1) is 49.0. The zero-order chi connectivity index (χ0) is 42.1. The van der Waals surface area contributed by atoms with E-state index in [-0.39, 0.29) is 37.5 Å². The number of benzene rings is 1. The molecule has 0 spiro atoms. The Kier molecular flexibility index (Phi) is 23.4. The van der Waals surface area contributed by atoms with Crippen molar-refractivity contribution in [3.05, 3.63) is 35.6 Å². The molecule has 4 atom stereocenters. The number of carbonyl (C=O) groups is 8. The van der Waals surface area contributed by atoms with Gasteiger partial charge in [-0.1, -0.05) is 12.8 Å². The molecular weight excluding hydrogens is 768 g/mol. The average Bonchev–Trinajstić information content (AvgIpc) is 3.12. The Balaban J connectivity index is 2.26. The van der Waals surface area contributed by atoms with Gasteiger partial charge < -0.3 is 46.6 Å². The summed E-state index contributed by atoms with van der Waals surface area (Å²) in [5.74, 6) is -8.09. The Labute approximate surface area is 321 Å². The van der Waals surface area contributed by atoms with E-state index in [0.29, 0.717) is 63.6 Å². The molecule has 1 aromatic rings. The predicted octanol–water partition coefficient (Wildman–Crippen LogP) is 1.52. The molecule has 56 heavy (non-hydrogen) atoms. The van der Waals surface area contributed by atoms with Crippen molar-refractivity contribution < 1.29 is 77.2 Å². The monoisotopic (exact) mass is 819 g/mol. The fourth-order valence-corrected chi connectivity index (χ4v) is 6.02. The number of hydrogen-bond acceptors (Lipinski definition) is 10. The van der Waals surface area contributed by atoms with Crippen LogP contribution in [0.2, 0.25) is 0 Å². The van der Waals surface area contributed by atoms with E-state index in [9.17, 15) is 62.4 Å². The average molecular weight is 820 g/mol. The number of carboxylic acid groups (broad SMARTS) is 4. The Hall–Kier alpha value is -4.98. The van der Waals surface area contributed by atoms with E-state index >= 15 is 0 Å². The van der Waals surface area contributed by atoms with E-state index in [4.69, 9.17) is 14.7 Å². The van der Waals surface area contributed by atoms with E-state index < -0.39 is 93.3 Å². The molecule has 314 valence electrons. The Morgan fingerprint density at radius 3 is 1.66 bits per heavy atom. The van der Waals surface area contributed by atoms with Crippen LogP contribution in [0, 0.1) is 5.82 Å². The third-order valence-electron chi connectivity index (χ3n) is 7.97. The highest BCUT2D eigenvalue weighted by atomic mass is 31.2. The van der Waals surface area contributed by atoms with Gasteiger partial charge in [0.25, 0.3) is 5.91 Å². The molecule has 0 aliphatic carbocycles. The Morgan fingerprint density at radius 2 is 1.11 bits per heavy atom. The fraction of sp³-hybridized carbons (Fsp3) is 0.588. The van der Waals surface area contributed by atoms with Gasteiger partial charge in [0.05, 0.1) is 6.61 Å². The summed E-state index contributed by atoms with van der Waals surface area (Å²) < 4.78 is 29.8. The van der Waals surface area contributed by atoms with Crippen molar-refractivity contribution in [3.63, 3.8) is 0 Å². The van der Waals surface area contributed by atoms with Crippen molar-refractivity contribution in [1.29, 1.82) is 0 Å². The van der Waals surface area contributed by atoms with Gasteiger partial charge in [0.2, 0.25) is 17.7 Å². The van der Waals surface area contributed by atoms with E-state index in [2.05, 4.69) is 21.3 Å². The minimum Gasteiger partial charge on any atom is -0.481 e. The van der Waals surface area contributed by atoms with Crippen LogP contribution in [-0.4, -0.2) is 111 Å². The van der Waals surface area contributed by atoms with Crippen molar-refractivity contribution in [3.8, 4) is 0 Å². The molecular formula is C34H51FN5O15P. The molecule has 0 aromatic heterocycles. The van der Waals surface area contributed by atoms with Crippen LogP contribution in [0.15, 0.2) is 24.3 Å². The lowest BCUT2D eigenvalue weighted by Gasteiger charge is -2.19. The molecule has 10 N–H and O–H groups in total. The molecule has 1 rings (SSSR count). The SMILES string of the molecule is O=C(O)CC[C@H](NP(=O)(O)OCCC[C@H](NC(=O)CC[C@H](NC(=O)CCCCCNC(=O)CCCCCNC(=O)c1ccc(F)cc1)C(=O)O)C(=O)O)C(=O)O. The topological polar surface area (TPSA) is 324 Å². The third kappa shape index (κ3) is 23.1. The largest absolute Gasteiger partial charge is 0.481 e. The molecule has 0 heterocycles. The van der Waals surface area contributed by atoms with Gasteiger partial charge in [-0.3, -0.25) is 33.3 Å². The maximum atomic E-state index is 13.0. The molecule has 0 bridgehead atoms. The number of aliphatic carboxylic acids is 4. The second-order valence-corrected chi connectivity index (χ2v) is 14.2. The molecule has 4 amide bonds. The van der Waals surface area contributed by atoms with Gasteiger partial charge in [0.1, 0.15) is 23.9 Å². The van der Waals surface area contributed by atoms with Crippen LogP contribution in [-0.2, 0) is 42.7 Å². The molecule has 0 saturated carbocycles. The number of nitrogens with one attached hydrogen (secondary N) is 5. The summed E-state index contributed by atoms with van der Waals surface area (Å²) in [7, 11) is -4.73. The van der Waals surface area contributed by atoms with Crippen LogP contribution < -0.4 is 26.4 Å². The molecule has 1 unspecified atom stereocenters. The minimum absolute atomic E-state index is 0.0135. The number of carboxylic acids is 4. The summed E-state index contributed by atoms with van der Waals surface area (Å²) in [6.07, 6.45) is 1.40. The van der Waals surface area contributed by atoms with Crippen LogP contribution >= 0.6 is 7.75 Å². The Bertz CT molecular complexity index is 1530. The quantitative estimate of drug-likeness (QED) is 0.0375. The van der Waals surface area contributed by atoms with E-state index in [1.165, 1.54) is 24.3 Å². The van der Waals surface area contributed by atoms with Gasteiger partial charge >= 0.3 is 31.6 Å². The van der Waals surface area contributed by atoms with Crippen LogP contribution in [0.3, 0.4) is 0 Å². The number of unbranched alkanes of at least 4 members (excludes halogenated alkanes) is 4. The smallest absolute Gasteiger partial charge is 0.403 e. The molecule has 1 aromatic carbocycles. The predicted molar refractivity (Wildman–Crippen MR) is 193 cm³/mol. The van der Waals surface area contributed by atoms with Gasteiger partial charge in [-0.15, -0.1) is 0 Å². The van der Waals surface area contributed by atoms with Gasteiger partial charge in [-0.25, -0.2) is 23.6 Å². The maximum absolute atomic E-state index is 13.0. The number of carbonyl (C=O) groups excluding carboxylic acids is 4. The minimum atomic E-state index is -4.73. The van der Waals surface area contributed by atoms with Crippen LogP contribution in [0.4, 0.5) is 4.39 Å². The highest BCUT2D eigenvalue weighted by Gasteiger charge is 2.30. The van der Waals surface area contributed by atoms with Crippen LogP contribution in [0.5, 0.6) is 0 Å². The molecule has 0 aliphatic rings. The molecule has 0 radical (unpaired) electrons. The normalized spacial score (nSPS) is 13.6. The number of halogens is 1. The highest BCUT2D eigenvalue weighted by Crippen LogP contribution is 2.38. The molecule has 22 heteroatoms. The maximum Gasteiger partial charge on any atom is 0.403 e. The van der Waals surface area contributed by atoms with Gasteiger partial charge in [-0.05, 0) is 75.6 Å². The first-order valence-electron chi connectivity index (χ1n) is 17.9. The fourth-order valence-electron chi connectivity index (χ4n) is 4.94. The summed E-state index contributed by atoms with van der Waals surface area (Å²) >= 11 is 0. The summed E-state index contributed by atoms with van der Waals surface area (Å²) in [5, 5.41) is 48.6. The first-order chi connectivity index (χ1) is 26.4. The summed E-state index contributed by atoms with van der Waals surface area (Å²) in [6, 6.07) is 0.552. The van der Waals surface area contributed by atoms with Crippen LogP contribution in [0.1, 0.15) is 100 Å². The molecule has 20 nitrogen and oxygen atoms in total. The summed E-state index contributed by atoms with van der Waals surface area (Å²) in [4.78, 5) is 104. The van der Waals surface area contributed by atoms with E-state index in [1.807, 2.05) is 5.09 Å². The van der Waals surface area contributed by atoms with E-state index in [1.54, 1.807) is 0 Å². The van der Waals surface area contributed by atoms with Crippen molar-refractivity contribution in [2.45, 2.75) is 108 Å². The van der Waals surface area contributed by atoms with Gasteiger partial charge in [0, 0.05) is 44.3 Å². The van der Waals surface area contributed by atoms with Crippen molar-refractivity contribution in [1.82, 2.24) is 26.4 Å². The molecule has 0 aliphatic heterocycles. The Morgan fingerprint density at radius 1 is 0.607 bits per heavy atom. The zero-order valence-electron chi connectivity index (χ0n) is 30.7. The number of amides is 4. The summed E-state index contributed by atoms with van der Waals surface area (Å²) in [6.45, 7) is 0.261. The van der Waals surface area contributed by atoms with E-state index in [0.717, 1.165) is 0 Å². The van der Waals surface area contributed by atoms with Gasteiger partial charge in [0.15, 0.2) is 0 Å². The van der Waals surface area contributed by atoms with Crippen LogP contribution in [0.25, 0.3) is 0 Å². The summed E-state index contributed by atoms with van der Waals surface area (Å²) in [5.41, 5.74) is 0.357. The van der Waals surface area contributed by atoms with Crippen molar-refractivity contribution >= 4 is 55.3 Å². The lowest BCUT2D eigenvalue weighted by molar-refractivity contribution is -0.143. The third-order valence-corrected chi connectivity index (χ3v) is 9.14. The lowest BCUT2D eigenvalue weighted by Crippen LogP contribution is -2.44. The standard InChI is InChI=1S/C34H51FN5O15P/c35-23-13-11-22(12-14-23)31(46)37-20-6-1-3-9-27(41)36-19-5-2-4-10-28(42)39-25(33(49)50)15-17-29(43)38-24(32(47)48)8-7-21-55-56(53,54)40-26(34(51)52)16-18-30(44)45/h11-14,24-26H,1-10,15-21H2,(H,36,41)(H,37,46)(H,38,43)(H,39,42)(H,44,45)(H,47,48)(H,49,50)(H,51,52)(H2,40,53,54)/t24-,25-,26-/m0/s1. The highest BCUT2D eigenvalue weighted by molar-refractivity contribution is 7.50. The molecule has 0 saturated heterocycles. The first-order valence-corrected chi connectivity index (χ1v) is 19.5. The van der Waals surface area contributed by atoms with Crippen molar-refractivity contribution in [2.75, 3.05) is 19.7 Å². The second kappa shape index (κ2) is 26.8. The number of rotatable bonds is 31. The number of hydrogen-bond donors (Lipinski definition) is 10. The van der Waals surface area contributed by atoms with Gasteiger partial charge in [-0.2, -0.15) is 0 Å². The van der Waals surface area contributed by atoms with Crippen molar-refractivity contribution in [2.24, 2.45) is 0 Å². The lowest BCUT2D eigenvalue weighted by atomic mass is 10.1.